The van der Waals surface area contributed by atoms with Gasteiger partial charge in [0, 0.05) is 49.9 Å². The highest BCUT2D eigenvalue weighted by Gasteiger charge is 2.10. The van der Waals surface area contributed by atoms with Crippen LogP contribution in [0.4, 0.5) is 0 Å². The molecule has 0 aliphatic heterocycles. The van der Waals surface area contributed by atoms with Crippen LogP contribution in [0.15, 0.2) is 79.5 Å². The van der Waals surface area contributed by atoms with Gasteiger partial charge in [-0.25, -0.2) is 4.98 Å². The zero-order valence-corrected chi connectivity index (χ0v) is 16.5. The number of aromatic nitrogens is 4. The molecule has 29 heavy (non-hydrogen) atoms. The third-order valence-corrected chi connectivity index (χ3v) is 4.66. The summed E-state index contributed by atoms with van der Waals surface area (Å²) in [5.41, 5.74) is 3.27. The van der Waals surface area contributed by atoms with Crippen LogP contribution in [0.2, 0.25) is 0 Å². The number of hydrogen-bond donors (Lipinski definition) is 1. The van der Waals surface area contributed by atoms with Crippen molar-refractivity contribution in [1.82, 2.24) is 24.6 Å². The molecule has 4 rings (SSSR count). The molecule has 6 nitrogen and oxygen atoms in total. The first-order chi connectivity index (χ1) is 14.3. The van der Waals surface area contributed by atoms with E-state index in [0.29, 0.717) is 0 Å². The summed E-state index contributed by atoms with van der Waals surface area (Å²) < 4.78 is 9.84. The molecule has 0 saturated carbocycles. The third kappa shape index (κ3) is 5.12. The number of hydrogen-bond acceptors (Lipinski definition) is 4. The van der Waals surface area contributed by atoms with E-state index in [4.69, 9.17) is 4.74 Å². The molecule has 4 aromatic rings. The highest BCUT2D eigenvalue weighted by Crippen LogP contribution is 2.26. The maximum atomic E-state index is 5.88. The van der Waals surface area contributed by atoms with Crippen molar-refractivity contribution >= 4 is 0 Å². The molecule has 0 saturated heterocycles. The molecule has 0 spiro atoms. The predicted molar refractivity (Wildman–Crippen MR) is 114 cm³/mol. The minimum atomic E-state index is 0.787. The molecule has 0 unspecified atom stereocenters. The molecule has 0 aliphatic carbocycles. The van der Waals surface area contributed by atoms with Gasteiger partial charge in [-0.1, -0.05) is 18.2 Å². The Kier molecular flexibility index (Phi) is 6.02. The largest absolute Gasteiger partial charge is 0.457 e. The van der Waals surface area contributed by atoms with Crippen molar-refractivity contribution < 1.29 is 4.74 Å². The van der Waals surface area contributed by atoms with Gasteiger partial charge in [0.05, 0.1) is 12.0 Å². The second kappa shape index (κ2) is 9.21. The van der Waals surface area contributed by atoms with Crippen LogP contribution in [0, 0.1) is 0 Å². The summed E-state index contributed by atoms with van der Waals surface area (Å²) in [5, 5.41) is 8.18. The Labute approximate surface area is 170 Å². The van der Waals surface area contributed by atoms with Crippen molar-refractivity contribution in [3.63, 3.8) is 0 Å². The fourth-order valence-corrected chi connectivity index (χ4v) is 3.24. The highest BCUT2D eigenvalue weighted by atomic mass is 16.5. The molecule has 2 aromatic carbocycles. The second-order valence-corrected chi connectivity index (χ2v) is 6.95. The number of nitrogens with zero attached hydrogens (tertiary/aromatic N) is 4. The van der Waals surface area contributed by atoms with Gasteiger partial charge in [0.25, 0.3) is 0 Å². The van der Waals surface area contributed by atoms with Crippen LogP contribution in [-0.4, -0.2) is 25.9 Å². The zero-order chi connectivity index (χ0) is 19.9. The fraction of sp³-hybridized carbons (Fsp3) is 0.217. The van der Waals surface area contributed by atoms with Gasteiger partial charge in [-0.2, -0.15) is 5.10 Å². The maximum absolute atomic E-state index is 5.88. The van der Waals surface area contributed by atoms with Crippen LogP contribution in [-0.2, 0) is 20.1 Å². The average Bonchev–Trinajstić information content (AvgIpc) is 3.39. The van der Waals surface area contributed by atoms with Gasteiger partial charge in [0.2, 0.25) is 0 Å². The van der Waals surface area contributed by atoms with Gasteiger partial charge >= 0.3 is 0 Å². The molecule has 0 fully saturated rings. The van der Waals surface area contributed by atoms with Crippen molar-refractivity contribution in [3.05, 3.63) is 85.1 Å². The van der Waals surface area contributed by atoms with Gasteiger partial charge in [0.15, 0.2) is 0 Å². The van der Waals surface area contributed by atoms with Crippen molar-refractivity contribution in [2.75, 3.05) is 6.54 Å². The number of aryl methyl sites for hydroxylation is 2. The third-order valence-electron chi connectivity index (χ3n) is 4.66. The molecule has 6 heteroatoms. The molecule has 0 amide bonds. The Morgan fingerprint density at radius 2 is 1.79 bits per heavy atom. The van der Waals surface area contributed by atoms with Gasteiger partial charge < -0.3 is 14.6 Å². The molecular weight excluding hydrogens is 362 g/mol. The Hall–Kier alpha value is -3.38. The van der Waals surface area contributed by atoms with Crippen LogP contribution in [0.1, 0.15) is 12.0 Å². The topological polar surface area (TPSA) is 56.9 Å². The normalized spacial score (nSPS) is 10.9. The summed E-state index contributed by atoms with van der Waals surface area (Å²) in [6, 6.07) is 17.9. The van der Waals surface area contributed by atoms with E-state index in [-0.39, 0.29) is 0 Å². The van der Waals surface area contributed by atoms with E-state index in [1.807, 2.05) is 72.9 Å². The van der Waals surface area contributed by atoms with E-state index in [1.54, 1.807) is 0 Å². The number of rotatable bonds is 9. The molecule has 0 atom stereocenters. The Morgan fingerprint density at radius 3 is 2.55 bits per heavy atom. The lowest BCUT2D eigenvalue weighted by atomic mass is 10.1. The van der Waals surface area contributed by atoms with Gasteiger partial charge in [-0.3, -0.25) is 4.68 Å². The Balaban J connectivity index is 1.35. The van der Waals surface area contributed by atoms with Gasteiger partial charge in [-0.15, -0.1) is 0 Å². The average molecular weight is 387 g/mol. The van der Waals surface area contributed by atoms with Crippen LogP contribution in [0.5, 0.6) is 11.5 Å². The minimum Gasteiger partial charge on any atom is -0.457 e. The molecular formula is C23H25N5O. The summed E-state index contributed by atoms with van der Waals surface area (Å²) in [6.07, 6.45) is 8.78. The van der Waals surface area contributed by atoms with E-state index in [9.17, 15) is 0 Å². The number of nitrogens with one attached hydrogen (secondary N) is 1. The zero-order valence-electron chi connectivity index (χ0n) is 16.5. The lowest BCUT2D eigenvalue weighted by Gasteiger charge is -2.08. The van der Waals surface area contributed by atoms with Crippen molar-refractivity contribution in [3.8, 4) is 22.8 Å². The second-order valence-electron chi connectivity index (χ2n) is 6.95. The van der Waals surface area contributed by atoms with E-state index >= 15 is 0 Å². The first-order valence-electron chi connectivity index (χ1n) is 9.80. The van der Waals surface area contributed by atoms with Crippen molar-refractivity contribution in [2.45, 2.75) is 19.5 Å². The number of para-hydroxylation sites is 1. The monoisotopic (exact) mass is 387 g/mol. The molecule has 2 heterocycles. The maximum Gasteiger partial charge on any atom is 0.127 e. The first-order valence-corrected chi connectivity index (χ1v) is 9.80. The Bertz CT molecular complexity index is 1010. The summed E-state index contributed by atoms with van der Waals surface area (Å²) >= 11 is 0. The van der Waals surface area contributed by atoms with Crippen LogP contribution >= 0.6 is 0 Å². The molecule has 0 aliphatic rings. The molecule has 0 radical (unpaired) electrons. The van der Waals surface area contributed by atoms with E-state index < -0.39 is 0 Å². The fourth-order valence-electron chi connectivity index (χ4n) is 3.24. The quantitative estimate of drug-likeness (QED) is 0.436. The van der Waals surface area contributed by atoms with Crippen LogP contribution in [0.25, 0.3) is 11.3 Å². The Morgan fingerprint density at radius 1 is 1.00 bits per heavy atom. The van der Waals surface area contributed by atoms with Gasteiger partial charge in [0.1, 0.15) is 11.5 Å². The lowest BCUT2D eigenvalue weighted by molar-refractivity contribution is 0.483. The summed E-state index contributed by atoms with van der Waals surface area (Å²) in [7, 11) is 1.96. The number of imidazole rings is 1. The van der Waals surface area contributed by atoms with Crippen LogP contribution < -0.4 is 10.1 Å². The van der Waals surface area contributed by atoms with Gasteiger partial charge in [-0.05, 0) is 49.4 Å². The standard InChI is InChI=1S/C23H25N5O/c1-27-17-20(16-24-12-5-14-28-15-13-25-18-28)23(26-27)19-8-10-22(11-9-19)29-21-6-3-2-4-7-21/h2-4,6-11,13,15,17-18,24H,5,12,14,16H2,1H3. The first kappa shape index (κ1) is 19.0. The molecule has 1 N–H and O–H groups in total. The number of ether oxygens (including phenoxy) is 1. The molecule has 148 valence electrons. The molecule has 2 aromatic heterocycles. The summed E-state index contributed by atoms with van der Waals surface area (Å²) in [6.45, 7) is 2.70. The SMILES string of the molecule is Cn1cc(CNCCCn2ccnc2)c(-c2ccc(Oc3ccccc3)cc2)n1. The van der Waals surface area contributed by atoms with E-state index in [0.717, 1.165) is 48.8 Å². The number of benzene rings is 2. The van der Waals surface area contributed by atoms with Crippen molar-refractivity contribution in [2.24, 2.45) is 7.05 Å². The van der Waals surface area contributed by atoms with E-state index in [1.165, 1.54) is 5.56 Å². The van der Waals surface area contributed by atoms with E-state index in [2.05, 4.69) is 38.3 Å². The lowest BCUT2D eigenvalue weighted by Crippen LogP contribution is -2.16. The summed E-state index contributed by atoms with van der Waals surface area (Å²) in [5.74, 6) is 1.65. The minimum absolute atomic E-state index is 0.787. The van der Waals surface area contributed by atoms with Crippen molar-refractivity contribution in [1.29, 1.82) is 0 Å². The van der Waals surface area contributed by atoms with Crippen LogP contribution in [0.3, 0.4) is 0 Å². The molecule has 0 bridgehead atoms. The highest BCUT2D eigenvalue weighted by molar-refractivity contribution is 5.63. The smallest absolute Gasteiger partial charge is 0.127 e. The summed E-state index contributed by atoms with van der Waals surface area (Å²) in [4.78, 5) is 4.07. The predicted octanol–water partition coefficient (Wildman–Crippen LogP) is 4.26.